The van der Waals surface area contributed by atoms with E-state index in [1.54, 1.807) is 36.9 Å². The molecule has 0 radical (unpaired) electrons. The zero-order valence-corrected chi connectivity index (χ0v) is 10.3. The van der Waals surface area contributed by atoms with E-state index < -0.39 is 16.9 Å². The summed E-state index contributed by atoms with van der Waals surface area (Å²) >= 11 is 0. The molecule has 17 heavy (non-hydrogen) atoms. The lowest BCUT2D eigenvalue weighted by molar-refractivity contribution is 0.0723. The van der Waals surface area contributed by atoms with Crippen LogP contribution in [0.25, 0.3) is 0 Å². The van der Waals surface area contributed by atoms with Crippen LogP contribution in [0.3, 0.4) is 0 Å². The van der Waals surface area contributed by atoms with Crippen LogP contribution in [-0.2, 0) is 4.74 Å². The van der Waals surface area contributed by atoms with Crippen molar-refractivity contribution in [2.75, 3.05) is 13.4 Å². The summed E-state index contributed by atoms with van der Waals surface area (Å²) in [6.45, 7) is 0. The number of methoxy groups -OCH3 is 1. The predicted molar refractivity (Wildman–Crippen MR) is 69.2 cm³/mol. The zero-order valence-electron chi connectivity index (χ0n) is 9.45. The third-order valence-corrected chi connectivity index (χ3v) is 3.41. The summed E-state index contributed by atoms with van der Waals surface area (Å²) in [5, 5.41) is 7.87. The number of benzene rings is 1. The van der Waals surface area contributed by atoms with Gasteiger partial charge in [0, 0.05) is 0 Å². The van der Waals surface area contributed by atoms with Gasteiger partial charge in [-0.25, -0.2) is 4.79 Å². The summed E-state index contributed by atoms with van der Waals surface area (Å²) in [6.07, 6.45) is 1.92. The van der Waals surface area contributed by atoms with Crippen molar-refractivity contribution in [2.24, 2.45) is 10.2 Å². The molecule has 0 amide bonds. The number of hydrogen-bond donors (Lipinski definition) is 1. The Morgan fingerprint density at radius 1 is 1.29 bits per heavy atom. The van der Waals surface area contributed by atoms with Gasteiger partial charge in [0.1, 0.15) is 5.75 Å². The number of carbonyl (C=O) groups excluding carboxylic acids is 1. The second-order valence-electron chi connectivity index (χ2n) is 3.34. The molecule has 0 fully saturated rings. The monoisotopic (exact) mass is 252 g/mol. The lowest BCUT2D eigenvalue weighted by Crippen LogP contribution is -2.11. The molecule has 0 aromatic heterocycles. The topological polar surface area (TPSA) is 60.2 Å². The predicted octanol–water partition coefficient (Wildman–Crippen LogP) is 1.80. The Balaban J connectivity index is 2.04. The summed E-state index contributed by atoms with van der Waals surface area (Å²) in [5.74, 6) is 0.270. The fourth-order valence-electron chi connectivity index (χ4n) is 1.23. The first kappa shape index (κ1) is 11.7. The molecule has 0 N–H and O–H groups in total. The molecule has 2 rings (SSSR count). The van der Waals surface area contributed by atoms with Crippen LogP contribution in [0, 0.1) is 0 Å². The lowest BCUT2D eigenvalue weighted by Gasteiger charge is -2.08. The molecule has 1 aliphatic rings. The van der Waals surface area contributed by atoms with Crippen molar-refractivity contribution in [3.05, 3.63) is 29.8 Å². The Morgan fingerprint density at radius 3 is 2.53 bits per heavy atom. The molecular formula is C11H12N2O3S. The Labute approximate surface area is 101 Å². The van der Waals surface area contributed by atoms with Crippen molar-refractivity contribution in [1.29, 1.82) is 0 Å². The molecule has 0 bridgehead atoms. The summed E-state index contributed by atoms with van der Waals surface area (Å²) in [5.41, 5.74) is 2.15. The number of thiol groups is 1. The second kappa shape index (κ2) is 5.01. The largest absolute Gasteiger partial charge is 0.497 e. The molecule has 1 aromatic rings. The summed E-state index contributed by atoms with van der Waals surface area (Å²) in [4.78, 5) is 11.8. The van der Waals surface area contributed by atoms with Gasteiger partial charge in [0.15, 0.2) is 0 Å². The average Bonchev–Trinajstić information content (AvgIpc) is 2.75. The summed E-state index contributed by atoms with van der Waals surface area (Å²) in [6, 6.07) is 6.71. The minimum Gasteiger partial charge on any atom is -0.497 e. The first-order chi connectivity index (χ1) is 8.20. The van der Waals surface area contributed by atoms with Crippen LogP contribution in [0.5, 0.6) is 5.75 Å². The standard InChI is InChI=1S/C11H12N2O3S/c1-15-9-5-3-8(4-6-9)10(14)16-11-13-12-7-17(11)2/h3-7,17H,1-2H3. The molecule has 1 aliphatic heterocycles. The Bertz CT molecular complexity index is 482. The highest BCUT2D eigenvalue weighted by Crippen LogP contribution is 2.25. The van der Waals surface area contributed by atoms with Crippen LogP contribution < -0.4 is 4.74 Å². The second-order valence-corrected chi connectivity index (χ2v) is 5.18. The fraction of sp³-hybridized carbons (Fsp3) is 0.182. The first-order valence-electron chi connectivity index (χ1n) is 4.91. The van der Waals surface area contributed by atoms with Crippen molar-refractivity contribution in [3.8, 4) is 5.75 Å². The van der Waals surface area contributed by atoms with Gasteiger partial charge in [0.05, 0.1) is 18.2 Å². The molecule has 90 valence electrons. The molecule has 1 atom stereocenters. The van der Waals surface area contributed by atoms with Crippen molar-refractivity contribution < 1.29 is 14.3 Å². The van der Waals surface area contributed by atoms with Crippen molar-refractivity contribution in [2.45, 2.75) is 0 Å². The van der Waals surface area contributed by atoms with Gasteiger partial charge in [-0.1, -0.05) is 0 Å². The van der Waals surface area contributed by atoms with E-state index in [-0.39, 0.29) is 0 Å². The number of nitrogens with zero attached hydrogens (tertiary/aromatic N) is 2. The van der Waals surface area contributed by atoms with Gasteiger partial charge in [-0.2, -0.15) is 0 Å². The zero-order chi connectivity index (χ0) is 12.3. The van der Waals surface area contributed by atoms with Crippen LogP contribution in [0.1, 0.15) is 10.4 Å². The molecular weight excluding hydrogens is 240 g/mol. The van der Waals surface area contributed by atoms with Gasteiger partial charge < -0.3 is 9.47 Å². The highest BCUT2D eigenvalue weighted by atomic mass is 32.2. The number of esters is 1. The van der Waals surface area contributed by atoms with Gasteiger partial charge >= 0.3 is 5.97 Å². The third kappa shape index (κ3) is 2.65. The van der Waals surface area contributed by atoms with Crippen molar-refractivity contribution >= 4 is 27.6 Å². The maximum atomic E-state index is 11.8. The van der Waals surface area contributed by atoms with Gasteiger partial charge in [0.2, 0.25) is 0 Å². The van der Waals surface area contributed by atoms with Crippen molar-refractivity contribution in [1.82, 2.24) is 0 Å². The van der Waals surface area contributed by atoms with E-state index in [0.717, 1.165) is 0 Å². The normalized spacial score (nSPS) is 19.9. The van der Waals surface area contributed by atoms with E-state index in [1.807, 2.05) is 6.26 Å². The summed E-state index contributed by atoms with van der Waals surface area (Å²) < 4.78 is 10.2. The third-order valence-electron chi connectivity index (χ3n) is 2.18. The van der Waals surface area contributed by atoms with Gasteiger partial charge in [-0.05, 0) is 30.5 Å². The van der Waals surface area contributed by atoms with Crippen LogP contribution in [0.4, 0.5) is 0 Å². The molecule has 0 saturated carbocycles. The highest BCUT2D eigenvalue weighted by Gasteiger charge is 2.17. The van der Waals surface area contributed by atoms with Crippen LogP contribution in [-0.4, -0.2) is 30.1 Å². The molecule has 0 aliphatic carbocycles. The number of carbonyl (C=O) groups is 1. The van der Waals surface area contributed by atoms with Crippen LogP contribution in [0.2, 0.25) is 0 Å². The SMILES string of the molecule is COc1ccc(C(=O)OC2=NN=C[SH]2C)cc1. The van der Waals surface area contributed by atoms with Crippen molar-refractivity contribution in [3.63, 3.8) is 0 Å². The van der Waals surface area contributed by atoms with E-state index in [0.29, 0.717) is 16.5 Å². The molecule has 1 aromatic carbocycles. The Morgan fingerprint density at radius 2 is 2.00 bits per heavy atom. The van der Waals surface area contributed by atoms with E-state index in [9.17, 15) is 4.79 Å². The Kier molecular flexibility index (Phi) is 3.43. The fourth-order valence-corrected chi connectivity index (χ4v) is 1.96. The van der Waals surface area contributed by atoms with E-state index in [4.69, 9.17) is 9.47 Å². The molecule has 5 nitrogen and oxygen atoms in total. The summed E-state index contributed by atoms with van der Waals surface area (Å²) in [7, 11) is 0.902. The van der Waals surface area contributed by atoms with E-state index >= 15 is 0 Å². The average molecular weight is 252 g/mol. The molecule has 0 saturated heterocycles. The van der Waals surface area contributed by atoms with E-state index in [2.05, 4.69) is 10.2 Å². The molecule has 1 heterocycles. The Hall–Kier alpha value is -1.82. The maximum absolute atomic E-state index is 11.8. The number of rotatable bonds is 2. The smallest absolute Gasteiger partial charge is 0.345 e. The molecule has 6 heteroatoms. The van der Waals surface area contributed by atoms with Crippen LogP contribution in [0.15, 0.2) is 34.5 Å². The lowest BCUT2D eigenvalue weighted by atomic mass is 10.2. The van der Waals surface area contributed by atoms with Gasteiger partial charge in [-0.3, -0.25) is 0 Å². The van der Waals surface area contributed by atoms with Gasteiger partial charge in [0.25, 0.3) is 5.23 Å². The maximum Gasteiger partial charge on any atom is 0.345 e. The van der Waals surface area contributed by atoms with E-state index in [1.165, 1.54) is 0 Å². The van der Waals surface area contributed by atoms with Crippen LogP contribution >= 0.6 is 10.9 Å². The quantitative estimate of drug-likeness (QED) is 0.645. The van der Waals surface area contributed by atoms with Gasteiger partial charge in [-0.15, -0.1) is 21.1 Å². The number of ether oxygens (including phenoxy) is 2. The minimum absolute atomic E-state index is 0.390. The number of hydrogen-bond acceptors (Lipinski definition) is 5. The molecule has 0 spiro atoms. The molecule has 1 unspecified atom stereocenters. The first-order valence-corrected chi connectivity index (χ1v) is 6.76. The minimum atomic E-state index is -0.670. The highest BCUT2D eigenvalue weighted by molar-refractivity contribution is 8.39.